The van der Waals surface area contributed by atoms with E-state index in [1.807, 2.05) is 59.3 Å². The van der Waals surface area contributed by atoms with Gasteiger partial charge in [-0.1, -0.05) is 12.6 Å². The molecule has 3 aromatic heterocycles. The number of benzene rings is 2. The standard InChI is InChI=1S/C29H26N6O4/c1-4-27(36)35-15-19(16-35)39-26-13-21-22(14-25(26)38-3)31-17-32-28(21)33-23-12-18(7-8-24(23)37-2)20-6-5-10-34-11-9-30-29(20)34/h4-14,17,19H,1,15-16H2,2-3H3,(H,31,32,33). The molecule has 4 heterocycles. The quantitative estimate of drug-likeness (QED) is 0.298. The van der Waals surface area contributed by atoms with Crippen molar-refractivity contribution in [2.24, 2.45) is 0 Å². The summed E-state index contributed by atoms with van der Waals surface area (Å²) in [6.07, 6.45) is 8.32. The van der Waals surface area contributed by atoms with Crippen LogP contribution in [0.25, 0.3) is 27.7 Å². The predicted molar refractivity (Wildman–Crippen MR) is 148 cm³/mol. The fourth-order valence-corrected chi connectivity index (χ4v) is 4.69. The number of ether oxygens (including phenoxy) is 3. The van der Waals surface area contributed by atoms with Crippen molar-refractivity contribution < 1.29 is 19.0 Å². The van der Waals surface area contributed by atoms with Crippen LogP contribution in [0.15, 0.2) is 80.0 Å². The van der Waals surface area contributed by atoms with Crippen LogP contribution in [0.1, 0.15) is 0 Å². The van der Waals surface area contributed by atoms with Crippen LogP contribution in [-0.2, 0) is 4.79 Å². The lowest BCUT2D eigenvalue weighted by atomic mass is 10.1. The number of likely N-dealkylation sites (tertiary alicyclic amines) is 1. The average Bonchev–Trinajstić information content (AvgIpc) is 3.43. The molecule has 5 aromatic rings. The summed E-state index contributed by atoms with van der Waals surface area (Å²) >= 11 is 0. The molecule has 10 heteroatoms. The summed E-state index contributed by atoms with van der Waals surface area (Å²) in [6.45, 7) is 4.50. The Morgan fingerprint density at radius 1 is 1.03 bits per heavy atom. The molecule has 2 aromatic carbocycles. The molecule has 0 unspecified atom stereocenters. The third kappa shape index (κ3) is 4.46. The summed E-state index contributed by atoms with van der Waals surface area (Å²) in [6, 6.07) is 13.6. The highest BCUT2D eigenvalue weighted by Gasteiger charge is 2.31. The van der Waals surface area contributed by atoms with Gasteiger partial charge in [0.05, 0.1) is 38.5 Å². The number of nitrogens with one attached hydrogen (secondary N) is 1. The maximum Gasteiger partial charge on any atom is 0.246 e. The molecule has 0 atom stereocenters. The van der Waals surface area contributed by atoms with Gasteiger partial charge in [0.1, 0.15) is 29.6 Å². The minimum Gasteiger partial charge on any atom is -0.495 e. The molecule has 1 aliphatic rings. The number of fused-ring (bicyclic) bond motifs is 2. The van der Waals surface area contributed by atoms with Crippen molar-refractivity contribution in [3.63, 3.8) is 0 Å². The van der Waals surface area contributed by atoms with Gasteiger partial charge in [-0.3, -0.25) is 4.79 Å². The van der Waals surface area contributed by atoms with Crippen LogP contribution in [0.3, 0.4) is 0 Å². The Morgan fingerprint density at radius 3 is 2.67 bits per heavy atom. The number of hydrogen-bond acceptors (Lipinski definition) is 8. The minimum absolute atomic E-state index is 0.111. The zero-order chi connectivity index (χ0) is 26.9. The van der Waals surface area contributed by atoms with Gasteiger partial charge in [-0.05, 0) is 42.0 Å². The second kappa shape index (κ2) is 9.97. The number of amides is 1. The van der Waals surface area contributed by atoms with E-state index in [0.29, 0.717) is 41.7 Å². The number of rotatable bonds is 8. The van der Waals surface area contributed by atoms with Gasteiger partial charge in [0.25, 0.3) is 0 Å². The van der Waals surface area contributed by atoms with Crippen molar-refractivity contribution in [2.45, 2.75) is 6.10 Å². The number of hydrogen-bond donors (Lipinski definition) is 1. The van der Waals surface area contributed by atoms with Gasteiger partial charge < -0.3 is 28.8 Å². The number of anilines is 2. The smallest absolute Gasteiger partial charge is 0.246 e. The summed E-state index contributed by atoms with van der Waals surface area (Å²) in [5.41, 5.74) is 4.25. The molecule has 1 fully saturated rings. The van der Waals surface area contributed by atoms with E-state index in [4.69, 9.17) is 14.2 Å². The summed E-state index contributed by atoms with van der Waals surface area (Å²) in [7, 11) is 3.21. The van der Waals surface area contributed by atoms with Gasteiger partial charge in [0.2, 0.25) is 5.91 Å². The first kappa shape index (κ1) is 24.2. The van der Waals surface area contributed by atoms with E-state index in [9.17, 15) is 4.79 Å². The molecular formula is C29H26N6O4. The van der Waals surface area contributed by atoms with Crippen molar-refractivity contribution in [3.05, 3.63) is 80.0 Å². The van der Waals surface area contributed by atoms with E-state index < -0.39 is 0 Å². The third-order valence-electron chi connectivity index (χ3n) is 6.73. The van der Waals surface area contributed by atoms with Crippen molar-refractivity contribution in [1.29, 1.82) is 0 Å². The van der Waals surface area contributed by atoms with E-state index in [1.165, 1.54) is 12.4 Å². The normalized spacial score (nSPS) is 13.2. The Morgan fingerprint density at radius 2 is 1.87 bits per heavy atom. The van der Waals surface area contributed by atoms with Gasteiger partial charge in [0, 0.05) is 35.6 Å². The lowest BCUT2D eigenvalue weighted by Gasteiger charge is -2.38. The molecule has 10 nitrogen and oxygen atoms in total. The molecule has 196 valence electrons. The summed E-state index contributed by atoms with van der Waals surface area (Å²) < 4.78 is 19.4. The molecule has 0 aliphatic carbocycles. The lowest BCUT2D eigenvalue weighted by Crippen LogP contribution is -2.55. The molecule has 1 amide bonds. The number of carbonyl (C=O) groups is 1. The van der Waals surface area contributed by atoms with E-state index in [2.05, 4.69) is 26.8 Å². The molecule has 1 saturated heterocycles. The molecule has 0 saturated carbocycles. The third-order valence-corrected chi connectivity index (χ3v) is 6.73. The van der Waals surface area contributed by atoms with Crippen molar-refractivity contribution in [1.82, 2.24) is 24.3 Å². The monoisotopic (exact) mass is 522 g/mol. The molecule has 6 rings (SSSR count). The van der Waals surface area contributed by atoms with Gasteiger partial charge in [-0.25, -0.2) is 15.0 Å². The largest absolute Gasteiger partial charge is 0.495 e. The molecule has 1 N–H and O–H groups in total. The zero-order valence-corrected chi connectivity index (χ0v) is 21.5. The fourth-order valence-electron chi connectivity index (χ4n) is 4.69. The highest BCUT2D eigenvalue weighted by atomic mass is 16.5. The van der Waals surface area contributed by atoms with Gasteiger partial charge in [-0.15, -0.1) is 0 Å². The summed E-state index contributed by atoms with van der Waals surface area (Å²) in [5.74, 6) is 2.23. The molecule has 0 bridgehead atoms. The second-order valence-electron chi connectivity index (χ2n) is 9.05. The Hall–Kier alpha value is -5.12. The predicted octanol–water partition coefficient (Wildman–Crippen LogP) is 4.48. The number of pyridine rings is 1. The van der Waals surface area contributed by atoms with E-state index in [0.717, 1.165) is 27.8 Å². The van der Waals surface area contributed by atoms with Crippen LogP contribution in [0.4, 0.5) is 11.5 Å². The van der Waals surface area contributed by atoms with E-state index in [-0.39, 0.29) is 12.0 Å². The van der Waals surface area contributed by atoms with Gasteiger partial charge in [-0.2, -0.15) is 0 Å². The fraction of sp³-hybridized carbons (Fsp3) is 0.172. The SMILES string of the molecule is C=CC(=O)N1CC(Oc2cc3c(Nc4cc(-c5cccn6ccnc56)ccc4OC)ncnc3cc2OC)C1. The molecular weight excluding hydrogens is 496 g/mol. The first-order valence-corrected chi connectivity index (χ1v) is 12.4. The first-order valence-electron chi connectivity index (χ1n) is 12.4. The van der Waals surface area contributed by atoms with Crippen molar-refractivity contribution in [3.8, 4) is 28.4 Å². The Kier molecular flexibility index (Phi) is 6.20. The second-order valence-corrected chi connectivity index (χ2v) is 9.05. The highest BCUT2D eigenvalue weighted by molar-refractivity contribution is 5.94. The first-order chi connectivity index (χ1) is 19.1. The summed E-state index contributed by atoms with van der Waals surface area (Å²) in [5, 5.41) is 4.18. The number of aromatic nitrogens is 4. The van der Waals surface area contributed by atoms with Gasteiger partial charge >= 0.3 is 0 Å². The molecule has 0 spiro atoms. The lowest BCUT2D eigenvalue weighted by molar-refractivity contribution is -0.134. The van der Waals surface area contributed by atoms with E-state index in [1.54, 1.807) is 25.3 Å². The maximum atomic E-state index is 11.8. The Bertz CT molecular complexity index is 1710. The van der Waals surface area contributed by atoms with E-state index >= 15 is 0 Å². The molecule has 39 heavy (non-hydrogen) atoms. The molecule has 0 radical (unpaired) electrons. The number of methoxy groups -OCH3 is 2. The Labute approximate surface area is 224 Å². The average molecular weight is 523 g/mol. The maximum absolute atomic E-state index is 11.8. The van der Waals surface area contributed by atoms with Crippen LogP contribution in [0.2, 0.25) is 0 Å². The molecule has 1 aliphatic heterocycles. The summed E-state index contributed by atoms with van der Waals surface area (Å²) in [4.78, 5) is 27.0. The van der Waals surface area contributed by atoms with Crippen LogP contribution >= 0.6 is 0 Å². The Balaban J connectivity index is 1.35. The number of imidazole rings is 1. The highest BCUT2D eigenvalue weighted by Crippen LogP contribution is 2.38. The number of carbonyl (C=O) groups excluding carboxylic acids is 1. The van der Waals surface area contributed by atoms with Gasteiger partial charge in [0.15, 0.2) is 11.5 Å². The van der Waals surface area contributed by atoms with Crippen LogP contribution in [-0.4, -0.2) is 63.6 Å². The zero-order valence-electron chi connectivity index (χ0n) is 21.5. The van der Waals surface area contributed by atoms with Crippen molar-refractivity contribution >= 4 is 34.0 Å². The van der Waals surface area contributed by atoms with Crippen LogP contribution in [0.5, 0.6) is 17.2 Å². The van der Waals surface area contributed by atoms with Crippen LogP contribution < -0.4 is 19.5 Å². The topological polar surface area (TPSA) is 103 Å². The van der Waals surface area contributed by atoms with Crippen LogP contribution in [0, 0.1) is 0 Å². The minimum atomic E-state index is -0.150. The van der Waals surface area contributed by atoms with Crippen molar-refractivity contribution in [2.75, 3.05) is 32.6 Å². The number of nitrogens with zero attached hydrogens (tertiary/aromatic N) is 5.